The molecule has 1 atom stereocenters. The van der Waals surface area contributed by atoms with Gasteiger partial charge in [-0.25, -0.2) is 0 Å². The van der Waals surface area contributed by atoms with Gasteiger partial charge < -0.3 is 5.11 Å². The maximum Gasteiger partial charge on any atom is 0.389 e. The number of halogens is 3. The van der Waals surface area contributed by atoms with E-state index in [1.165, 1.54) is 0 Å². The standard InChI is InChI=1S/C10H17F3O/c11-10(12,13)7-3-6-9(14)8-4-1-2-5-8/h8-9,14H,1-7H2. The summed E-state index contributed by atoms with van der Waals surface area (Å²) in [6.07, 6.45) is -0.820. The average molecular weight is 210 g/mol. The molecule has 1 aliphatic carbocycles. The van der Waals surface area contributed by atoms with E-state index in [9.17, 15) is 18.3 Å². The lowest BCUT2D eigenvalue weighted by Gasteiger charge is -2.17. The Labute approximate surface area is 82.3 Å². The third-order valence-corrected chi connectivity index (χ3v) is 2.90. The molecule has 84 valence electrons. The van der Waals surface area contributed by atoms with Crippen LogP contribution in [-0.2, 0) is 0 Å². The van der Waals surface area contributed by atoms with Crippen LogP contribution in [0.2, 0.25) is 0 Å². The number of hydrogen-bond acceptors (Lipinski definition) is 1. The zero-order chi connectivity index (χ0) is 10.6. The summed E-state index contributed by atoms with van der Waals surface area (Å²) in [5.41, 5.74) is 0. The Hall–Kier alpha value is -0.250. The van der Waals surface area contributed by atoms with Crippen LogP contribution in [0.5, 0.6) is 0 Å². The van der Waals surface area contributed by atoms with Crippen molar-refractivity contribution in [1.82, 2.24) is 0 Å². The van der Waals surface area contributed by atoms with Crippen molar-refractivity contribution in [2.45, 2.75) is 57.2 Å². The molecule has 0 aliphatic heterocycles. The van der Waals surface area contributed by atoms with Crippen LogP contribution in [0.1, 0.15) is 44.9 Å². The van der Waals surface area contributed by atoms with Crippen LogP contribution >= 0.6 is 0 Å². The molecular formula is C10H17F3O. The largest absolute Gasteiger partial charge is 0.393 e. The number of rotatable bonds is 4. The van der Waals surface area contributed by atoms with Crippen molar-refractivity contribution in [3.63, 3.8) is 0 Å². The smallest absolute Gasteiger partial charge is 0.389 e. The molecule has 0 aromatic rings. The van der Waals surface area contributed by atoms with Gasteiger partial charge >= 0.3 is 6.18 Å². The van der Waals surface area contributed by atoms with Gasteiger partial charge in [-0.2, -0.15) is 13.2 Å². The molecule has 1 aliphatic rings. The van der Waals surface area contributed by atoms with Crippen molar-refractivity contribution in [2.24, 2.45) is 5.92 Å². The number of aliphatic hydroxyl groups is 1. The van der Waals surface area contributed by atoms with Crippen molar-refractivity contribution >= 4 is 0 Å². The topological polar surface area (TPSA) is 20.2 Å². The predicted octanol–water partition coefficient (Wildman–Crippen LogP) is 3.27. The van der Waals surface area contributed by atoms with Gasteiger partial charge in [0.15, 0.2) is 0 Å². The first kappa shape index (κ1) is 11.8. The van der Waals surface area contributed by atoms with Gasteiger partial charge in [0.1, 0.15) is 0 Å². The molecule has 0 bridgehead atoms. The van der Waals surface area contributed by atoms with Gasteiger partial charge in [0.2, 0.25) is 0 Å². The fourth-order valence-electron chi connectivity index (χ4n) is 2.09. The van der Waals surface area contributed by atoms with E-state index < -0.39 is 18.7 Å². The van der Waals surface area contributed by atoms with E-state index in [0.29, 0.717) is 6.42 Å². The molecule has 1 unspecified atom stereocenters. The highest BCUT2D eigenvalue weighted by Crippen LogP contribution is 2.31. The number of hydrogen-bond donors (Lipinski definition) is 1. The van der Waals surface area contributed by atoms with Gasteiger partial charge in [0.25, 0.3) is 0 Å². The summed E-state index contributed by atoms with van der Waals surface area (Å²) < 4.78 is 35.4. The Morgan fingerprint density at radius 3 is 2.29 bits per heavy atom. The van der Waals surface area contributed by atoms with E-state index in [-0.39, 0.29) is 12.3 Å². The van der Waals surface area contributed by atoms with Gasteiger partial charge in [-0.05, 0) is 31.6 Å². The first-order valence-corrected chi connectivity index (χ1v) is 5.24. The molecular weight excluding hydrogens is 193 g/mol. The minimum Gasteiger partial charge on any atom is -0.393 e. The SMILES string of the molecule is OC(CCCC(F)(F)F)C1CCCC1. The predicted molar refractivity (Wildman–Crippen MR) is 47.9 cm³/mol. The first-order valence-electron chi connectivity index (χ1n) is 5.24. The van der Waals surface area contributed by atoms with Crippen molar-refractivity contribution in [3.8, 4) is 0 Å². The number of aliphatic hydroxyl groups excluding tert-OH is 1. The zero-order valence-electron chi connectivity index (χ0n) is 8.19. The highest BCUT2D eigenvalue weighted by Gasteiger charge is 2.28. The summed E-state index contributed by atoms with van der Waals surface area (Å²) in [5, 5.41) is 9.58. The molecule has 0 saturated heterocycles. The Morgan fingerprint density at radius 1 is 1.21 bits per heavy atom. The third-order valence-electron chi connectivity index (χ3n) is 2.90. The lowest BCUT2D eigenvalue weighted by molar-refractivity contribution is -0.136. The molecule has 14 heavy (non-hydrogen) atoms. The summed E-state index contributed by atoms with van der Waals surface area (Å²) in [6, 6.07) is 0. The van der Waals surface area contributed by atoms with Crippen LogP contribution in [0.4, 0.5) is 13.2 Å². The van der Waals surface area contributed by atoms with E-state index in [1.54, 1.807) is 0 Å². The van der Waals surface area contributed by atoms with Gasteiger partial charge in [-0.15, -0.1) is 0 Å². The summed E-state index contributed by atoms with van der Waals surface area (Å²) in [6.45, 7) is 0. The Morgan fingerprint density at radius 2 is 1.79 bits per heavy atom. The molecule has 0 spiro atoms. The van der Waals surface area contributed by atoms with Crippen molar-refractivity contribution in [3.05, 3.63) is 0 Å². The molecule has 0 radical (unpaired) electrons. The first-order chi connectivity index (χ1) is 6.49. The second-order valence-electron chi connectivity index (χ2n) is 4.12. The second kappa shape index (κ2) is 5.01. The monoisotopic (exact) mass is 210 g/mol. The lowest BCUT2D eigenvalue weighted by atomic mass is 9.96. The van der Waals surface area contributed by atoms with E-state index in [4.69, 9.17) is 0 Å². The molecule has 1 fully saturated rings. The minimum atomic E-state index is -4.07. The molecule has 0 aromatic heterocycles. The molecule has 4 heteroatoms. The molecule has 1 N–H and O–H groups in total. The van der Waals surface area contributed by atoms with Crippen LogP contribution in [0.25, 0.3) is 0 Å². The lowest BCUT2D eigenvalue weighted by Crippen LogP contribution is -2.18. The Kier molecular flexibility index (Phi) is 4.23. The molecule has 0 heterocycles. The van der Waals surface area contributed by atoms with Crippen LogP contribution in [-0.4, -0.2) is 17.4 Å². The van der Waals surface area contributed by atoms with E-state index in [2.05, 4.69) is 0 Å². The minimum absolute atomic E-state index is 0.0567. The summed E-state index contributed by atoms with van der Waals surface area (Å²) in [7, 11) is 0. The summed E-state index contributed by atoms with van der Waals surface area (Å²) in [5.74, 6) is 0.253. The van der Waals surface area contributed by atoms with E-state index in [1.807, 2.05) is 0 Å². The molecule has 1 saturated carbocycles. The summed E-state index contributed by atoms with van der Waals surface area (Å²) in [4.78, 5) is 0. The second-order valence-corrected chi connectivity index (χ2v) is 4.12. The number of alkyl halides is 3. The Balaban J connectivity index is 2.11. The third kappa shape index (κ3) is 4.31. The van der Waals surface area contributed by atoms with Gasteiger partial charge in [0.05, 0.1) is 6.10 Å². The van der Waals surface area contributed by atoms with Crippen LogP contribution in [0.3, 0.4) is 0 Å². The van der Waals surface area contributed by atoms with Crippen molar-refractivity contribution in [1.29, 1.82) is 0 Å². The highest BCUT2D eigenvalue weighted by atomic mass is 19.4. The zero-order valence-corrected chi connectivity index (χ0v) is 8.19. The molecule has 1 nitrogen and oxygen atoms in total. The van der Waals surface area contributed by atoms with Crippen LogP contribution in [0, 0.1) is 5.92 Å². The van der Waals surface area contributed by atoms with Gasteiger partial charge in [-0.1, -0.05) is 12.8 Å². The maximum absolute atomic E-state index is 11.8. The normalized spacial score (nSPS) is 21.4. The van der Waals surface area contributed by atoms with Gasteiger partial charge in [0, 0.05) is 6.42 Å². The Bertz CT molecular complexity index is 161. The van der Waals surface area contributed by atoms with Gasteiger partial charge in [-0.3, -0.25) is 0 Å². The molecule has 0 aromatic carbocycles. The van der Waals surface area contributed by atoms with Crippen molar-refractivity contribution in [2.75, 3.05) is 0 Å². The quantitative estimate of drug-likeness (QED) is 0.755. The average Bonchev–Trinajstić information content (AvgIpc) is 2.53. The molecule has 1 rings (SSSR count). The fourth-order valence-corrected chi connectivity index (χ4v) is 2.09. The maximum atomic E-state index is 11.8. The summed E-state index contributed by atoms with van der Waals surface area (Å²) >= 11 is 0. The van der Waals surface area contributed by atoms with E-state index >= 15 is 0 Å². The van der Waals surface area contributed by atoms with Crippen LogP contribution < -0.4 is 0 Å². The van der Waals surface area contributed by atoms with E-state index in [0.717, 1.165) is 25.7 Å². The van der Waals surface area contributed by atoms with Crippen LogP contribution in [0.15, 0.2) is 0 Å². The molecule has 0 amide bonds. The highest BCUT2D eigenvalue weighted by molar-refractivity contribution is 4.74. The van der Waals surface area contributed by atoms with Crippen molar-refractivity contribution < 1.29 is 18.3 Å². The fraction of sp³-hybridized carbons (Fsp3) is 1.00.